The van der Waals surface area contributed by atoms with Gasteiger partial charge in [-0.15, -0.1) is 0 Å². The number of amides is 11. The number of nitrogens with two attached hydrogens (primary N) is 3. The summed E-state index contributed by atoms with van der Waals surface area (Å²) < 4.78 is 0. The van der Waals surface area contributed by atoms with Crippen molar-refractivity contribution in [3.05, 3.63) is 0 Å². The third-order valence-electron chi connectivity index (χ3n) is 12.4. The zero-order chi connectivity index (χ0) is 63.4. The molecule has 0 bridgehead atoms. The first-order valence-corrected chi connectivity index (χ1v) is 27.9. The van der Waals surface area contributed by atoms with Crippen molar-refractivity contribution >= 4 is 102 Å². The molecule has 0 aliphatic carbocycles. The zero-order valence-corrected chi connectivity index (χ0v) is 49.0. The number of aliphatic imine (C=N–C) groups is 1. The third-order valence-corrected chi connectivity index (χ3v) is 13.1. The van der Waals surface area contributed by atoms with Crippen molar-refractivity contribution in [2.45, 2.75) is 159 Å². The Morgan fingerprint density at radius 1 is 0.554 bits per heavy atom. The van der Waals surface area contributed by atoms with Crippen LogP contribution in [0.2, 0.25) is 0 Å². The molecule has 35 heteroatoms. The second-order valence-corrected chi connectivity index (χ2v) is 21.1. The molecule has 1 saturated heterocycles. The first-order chi connectivity index (χ1) is 38.9. The standard InChI is InChI=1S/C48H85N15O18S2/c1-21(2)13-27(39(73)54-26(9-7-11-52-48(50)51)47(81)63-12-8-10-33(63)44(78)60-31(19-82)38(72)53-15-34(69)70)56-45(79)35(23(5)67)62-46(80)36(24(6)68)61-40(74)28(14-22(3)4)55-41(75)29(17-65)57-42(76)30(18-66)58-43(77)32(20-83)59-37(71)25(49)16-64/h21-33,35-36,64-68,82-83H,7-20,49H2,1-6H3,(H,53,72)(H,54,73)(H,55,75)(H,56,79)(H,57,76)(H,58,77)(H,59,71)(H,60,78)(H,61,74)(H,62,80)(H,69,70)(H4,50,51,52)/t23-,24-,25+,26+,27+,28+,29+,30+,31+,32+,33+,35+,36+/m1/s1. The van der Waals surface area contributed by atoms with E-state index in [2.05, 4.69) is 83.4 Å². The maximum atomic E-state index is 14.3. The van der Waals surface area contributed by atoms with Crippen LogP contribution in [-0.4, -0.2) is 242 Å². The van der Waals surface area contributed by atoms with E-state index in [1.807, 2.05) is 0 Å². The number of nitrogens with zero attached hydrogens (tertiary/aromatic N) is 2. The summed E-state index contributed by atoms with van der Waals surface area (Å²) in [5.41, 5.74) is 16.4. The van der Waals surface area contributed by atoms with Crippen molar-refractivity contribution in [3.8, 4) is 0 Å². The van der Waals surface area contributed by atoms with E-state index in [4.69, 9.17) is 27.4 Å². The van der Waals surface area contributed by atoms with Gasteiger partial charge in [0, 0.05) is 24.6 Å². The van der Waals surface area contributed by atoms with Crippen LogP contribution < -0.4 is 70.4 Å². The molecule has 1 aliphatic heterocycles. The van der Waals surface area contributed by atoms with Gasteiger partial charge in [0.1, 0.15) is 73.0 Å². The van der Waals surface area contributed by atoms with Crippen LogP contribution >= 0.6 is 25.3 Å². The molecule has 0 aromatic carbocycles. The predicted molar refractivity (Wildman–Crippen MR) is 302 cm³/mol. The molecule has 83 heavy (non-hydrogen) atoms. The van der Waals surface area contributed by atoms with Crippen LogP contribution in [0, 0.1) is 11.8 Å². The van der Waals surface area contributed by atoms with Gasteiger partial charge >= 0.3 is 5.97 Å². The van der Waals surface area contributed by atoms with Gasteiger partial charge in [-0.25, -0.2) is 0 Å². The normalized spacial score (nSPS) is 17.4. The van der Waals surface area contributed by atoms with Crippen molar-refractivity contribution in [1.82, 2.24) is 58.1 Å². The van der Waals surface area contributed by atoms with Crippen molar-refractivity contribution in [2.75, 3.05) is 51.0 Å². The molecule has 0 aromatic heterocycles. The molecule has 0 saturated carbocycles. The van der Waals surface area contributed by atoms with Gasteiger partial charge in [-0.3, -0.25) is 62.5 Å². The average Bonchev–Trinajstić information content (AvgIpc) is 3.96. The van der Waals surface area contributed by atoms with Crippen LogP contribution in [0.5, 0.6) is 0 Å². The Kier molecular flexibility index (Phi) is 33.6. The van der Waals surface area contributed by atoms with Gasteiger partial charge in [-0.1, -0.05) is 27.7 Å². The van der Waals surface area contributed by atoms with Gasteiger partial charge in [0.15, 0.2) is 5.96 Å². The maximum absolute atomic E-state index is 14.3. The topological polar surface area (TPSA) is 540 Å². The number of rotatable bonds is 37. The van der Waals surface area contributed by atoms with E-state index < -0.39 is 176 Å². The SMILES string of the molecule is CC(C)C[C@H](NC(=O)[C@H](CO)NC(=O)[C@H](CO)NC(=O)[C@H](CS)NC(=O)[C@@H](N)CO)C(=O)N[C@H](C(=O)N[C@H](C(=O)N[C@@H](CC(C)C)C(=O)N[C@@H](CCCN=C(N)N)C(=O)N1CCC[C@H]1C(=O)N[C@@H](CS)C(=O)NCC(=O)O)[C@@H](C)O)[C@@H](C)O. The highest BCUT2D eigenvalue weighted by Crippen LogP contribution is 2.21. The molecule has 13 atom stereocenters. The van der Waals surface area contributed by atoms with Crippen molar-refractivity contribution in [1.29, 1.82) is 0 Å². The number of carbonyl (C=O) groups is 12. The molecule has 1 aliphatic rings. The van der Waals surface area contributed by atoms with Crippen LogP contribution in [0.3, 0.4) is 0 Å². The third kappa shape index (κ3) is 25.8. The summed E-state index contributed by atoms with van der Waals surface area (Å²) in [6.07, 6.45) is -3.15. The van der Waals surface area contributed by atoms with E-state index in [1.54, 1.807) is 27.7 Å². The highest BCUT2D eigenvalue weighted by atomic mass is 32.1. The van der Waals surface area contributed by atoms with Crippen LogP contribution in [0.25, 0.3) is 0 Å². The number of aliphatic hydroxyl groups is 5. The Hall–Kier alpha value is -6.63. The number of aliphatic carboxylic acids is 1. The molecule has 0 unspecified atom stereocenters. The average molecular weight is 1220 g/mol. The van der Waals surface area contributed by atoms with Crippen LogP contribution in [0.15, 0.2) is 4.99 Å². The van der Waals surface area contributed by atoms with Crippen molar-refractivity contribution in [2.24, 2.45) is 34.0 Å². The minimum atomic E-state index is -1.90. The number of carboxylic acid groups (broad SMARTS) is 1. The predicted octanol–water partition coefficient (Wildman–Crippen LogP) is -9.39. The monoisotopic (exact) mass is 1220 g/mol. The number of hydrogen-bond acceptors (Lipinski definition) is 21. The molecule has 1 rings (SSSR count). The lowest BCUT2D eigenvalue weighted by atomic mass is 10.0. The fourth-order valence-corrected chi connectivity index (χ4v) is 8.53. The molecule has 0 spiro atoms. The van der Waals surface area contributed by atoms with E-state index in [9.17, 15) is 78.0 Å². The number of nitrogens with one attached hydrogen (secondary N) is 10. The lowest BCUT2D eigenvalue weighted by Crippen LogP contribution is -2.63. The number of thiol groups is 2. The molecule has 0 radical (unpaired) electrons. The molecule has 33 nitrogen and oxygen atoms in total. The van der Waals surface area contributed by atoms with Crippen LogP contribution in [0.1, 0.15) is 80.1 Å². The van der Waals surface area contributed by atoms with Crippen LogP contribution in [-0.2, 0) is 57.5 Å². The summed E-state index contributed by atoms with van der Waals surface area (Å²) in [6.45, 7) is 5.37. The number of carbonyl (C=O) groups excluding carboxylic acids is 11. The van der Waals surface area contributed by atoms with E-state index in [-0.39, 0.29) is 74.5 Å². The fraction of sp³-hybridized carbons (Fsp3) is 0.729. The number of likely N-dealkylation sites (tertiary alicyclic amines) is 1. The Morgan fingerprint density at radius 3 is 1.41 bits per heavy atom. The van der Waals surface area contributed by atoms with Gasteiger partial charge in [0.25, 0.3) is 0 Å². The molecule has 1 heterocycles. The van der Waals surface area contributed by atoms with Gasteiger partial charge in [-0.05, 0) is 64.2 Å². The Morgan fingerprint density at radius 2 is 0.964 bits per heavy atom. The lowest BCUT2D eigenvalue weighted by molar-refractivity contribution is -0.143. The summed E-state index contributed by atoms with van der Waals surface area (Å²) in [6, 6.07) is -16.9. The Balaban J connectivity index is 3.38. The second-order valence-electron chi connectivity index (χ2n) is 20.4. The summed E-state index contributed by atoms with van der Waals surface area (Å²) in [5.74, 6) is -13.8. The summed E-state index contributed by atoms with van der Waals surface area (Å²) in [5, 5.41) is 82.9. The van der Waals surface area contributed by atoms with Gasteiger partial charge < -0.3 is 106 Å². The molecule has 11 amide bonds. The minimum Gasteiger partial charge on any atom is -0.480 e. The smallest absolute Gasteiger partial charge is 0.322 e. The molecular formula is C48H85N15O18S2. The molecule has 472 valence electrons. The number of aliphatic hydroxyl groups excluding tert-OH is 5. The highest BCUT2D eigenvalue weighted by molar-refractivity contribution is 7.80. The van der Waals surface area contributed by atoms with Gasteiger partial charge in [0.2, 0.25) is 65.0 Å². The highest BCUT2D eigenvalue weighted by Gasteiger charge is 2.41. The van der Waals surface area contributed by atoms with E-state index in [0.29, 0.717) is 6.42 Å². The maximum Gasteiger partial charge on any atom is 0.322 e. The van der Waals surface area contributed by atoms with E-state index in [1.165, 1.54) is 4.90 Å². The fourth-order valence-electron chi connectivity index (χ4n) is 8.02. The van der Waals surface area contributed by atoms with E-state index in [0.717, 1.165) is 13.8 Å². The van der Waals surface area contributed by atoms with Crippen LogP contribution in [0.4, 0.5) is 0 Å². The number of hydrogen-bond donors (Lipinski definition) is 21. The van der Waals surface area contributed by atoms with Gasteiger partial charge in [-0.2, -0.15) is 25.3 Å². The van der Waals surface area contributed by atoms with Crippen molar-refractivity contribution < 1.29 is 88.2 Å². The Bertz CT molecular complexity index is 2260. The quantitative estimate of drug-likeness (QED) is 0.0119. The minimum absolute atomic E-state index is 0.0122. The van der Waals surface area contributed by atoms with E-state index >= 15 is 0 Å². The summed E-state index contributed by atoms with van der Waals surface area (Å²) in [4.78, 5) is 164. The largest absolute Gasteiger partial charge is 0.480 e. The summed E-state index contributed by atoms with van der Waals surface area (Å²) in [7, 11) is 0. The second kappa shape index (κ2) is 37.5. The lowest BCUT2D eigenvalue weighted by Gasteiger charge is -2.31. The molecule has 22 N–H and O–H groups in total. The van der Waals surface area contributed by atoms with Gasteiger partial charge in [0.05, 0.1) is 32.0 Å². The zero-order valence-electron chi connectivity index (χ0n) is 47.2. The first-order valence-electron chi connectivity index (χ1n) is 26.6. The Labute approximate surface area is 490 Å². The summed E-state index contributed by atoms with van der Waals surface area (Å²) >= 11 is 8.07. The first kappa shape index (κ1) is 74.4. The molecule has 1 fully saturated rings. The molecule has 0 aromatic rings. The number of guanidine groups is 1. The number of carboxylic acids is 1. The van der Waals surface area contributed by atoms with Crippen molar-refractivity contribution in [3.63, 3.8) is 0 Å². The molecular weight excluding hydrogens is 1140 g/mol.